The predicted octanol–water partition coefficient (Wildman–Crippen LogP) is 1.29. The van der Waals surface area contributed by atoms with Gasteiger partial charge >= 0.3 is 0 Å². The van der Waals surface area contributed by atoms with Crippen molar-refractivity contribution in [1.29, 1.82) is 0 Å². The van der Waals surface area contributed by atoms with E-state index in [4.69, 9.17) is 4.74 Å². The molecule has 0 amide bonds. The summed E-state index contributed by atoms with van der Waals surface area (Å²) in [6.07, 6.45) is 6.12. The van der Waals surface area contributed by atoms with E-state index in [9.17, 15) is 5.11 Å². The van der Waals surface area contributed by atoms with E-state index in [0.717, 1.165) is 18.9 Å². The van der Waals surface area contributed by atoms with Crippen molar-refractivity contribution < 1.29 is 9.84 Å². The largest absolute Gasteiger partial charge is 0.385 e. The lowest BCUT2D eigenvalue weighted by Gasteiger charge is -2.36. The Bertz CT molecular complexity index is 393. The Morgan fingerprint density at radius 2 is 1.94 bits per heavy atom. The summed E-state index contributed by atoms with van der Waals surface area (Å²) >= 11 is 0. The fraction of sp³-hybridized carbons (Fsp3) is 0.692. The maximum atomic E-state index is 9.69. The fourth-order valence-electron chi connectivity index (χ4n) is 2.87. The number of anilines is 1. The number of aliphatic hydroxyl groups is 1. The molecule has 2 saturated heterocycles. The molecular formula is C13H19N3O2. The van der Waals surface area contributed by atoms with Crippen molar-refractivity contribution in [2.75, 3.05) is 18.1 Å². The summed E-state index contributed by atoms with van der Waals surface area (Å²) in [5, 5.41) is 9.69. The Morgan fingerprint density at radius 1 is 1.33 bits per heavy atom. The van der Waals surface area contributed by atoms with E-state index in [-0.39, 0.29) is 0 Å². The molecule has 5 nitrogen and oxygen atoms in total. The molecular weight excluding hydrogens is 230 g/mol. The maximum Gasteiger partial charge on any atom is 0.156 e. The number of rotatable bonds is 3. The lowest BCUT2D eigenvalue weighted by Crippen LogP contribution is -2.46. The second kappa shape index (κ2) is 4.82. The number of hydrogen-bond donors (Lipinski definition) is 1. The van der Waals surface area contributed by atoms with Gasteiger partial charge in [-0.05, 0) is 19.3 Å². The molecule has 3 rings (SSSR count). The van der Waals surface area contributed by atoms with Crippen LogP contribution in [0.15, 0.2) is 12.4 Å². The molecule has 98 valence electrons. The van der Waals surface area contributed by atoms with Gasteiger partial charge in [0.1, 0.15) is 6.10 Å². The minimum Gasteiger partial charge on any atom is -0.385 e. The second-order valence-corrected chi connectivity index (χ2v) is 5.05. The van der Waals surface area contributed by atoms with Gasteiger partial charge in [0, 0.05) is 0 Å². The number of ether oxygens (including phenoxy) is 1. The molecule has 1 aromatic rings. The molecule has 5 heteroatoms. The van der Waals surface area contributed by atoms with Gasteiger partial charge in [-0.2, -0.15) is 0 Å². The van der Waals surface area contributed by atoms with Crippen molar-refractivity contribution in [2.24, 2.45) is 0 Å². The van der Waals surface area contributed by atoms with Crippen molar-refractivity contribution in [3.8, 4) is 0 Å². The summed E-state index contributed by atoms with van der Waals surface area (Å²) in [5.74, 6) is 0.516. The van der Waals surface area contributed by atoms with Crippen LogP contribution in [-0.4, -0.2) is 40.4 Å². The molecule has 3 atom stereocenters. The van der Waals surface area contributed by atoms with Crippen LogP contribution in [-0.2, 0) is 4.74 Å². The van der Waals surface area contributed by atoms with Crippen LogP contribution in [0.5, 0.6) is 0 Å². The third-order valence-electron chi connectivity index (χ3n) is 3.88. The fourth-order valence-corrected chi connectivity index (χ4v) is 2.87. The van der Waals surface area contributed by atoms with E-state index in [1.54, 1.807) is 0 Å². The van der Waals surface area contributed by atoms with E-state index in [1.165, 1.54) is 12.8 Å². The monoisotopic (exact) mass is 249 g/mol. The lowest BCUT2D eigenvalue weighted by atomic mass is 10.2. The van der Waals surface area contributed by atoms with Crippen LogP contribution in [0.4, 0.5) is 5.69 Å². The zero-order chi connectivity index (χ0) is 12.5. The van der Waals surface area contributed by atoms with E-state index in [1.807, 2.05) is 19.3 Å². The van der Waals surface area contributed by atoms with Crippen molar-refractivity contribution in [2.45, 2.75) is 44.4 Å². The maximum absolute atomic E-state index is 9.69. The molecule has 3 unspecified atom stereocenters. The van der Waals surface area contributed by atoms with E-state index >= 15 is 0 Å². The zero-order valence-corrected chi connectivity index (χ0v) is 10.6. The van der Waals surface area contributed by atoms with Gasteiger partial charge in [0.25, 0.3) is 0 Å². The number of fused-ring (bicyclic) bond motifs is 2. The summed E-state index contributed by atoms with van der Waals surface area (Å²) in [6, 6.07) is 0.934. The molecule has 18 heavy (non-hydrogen) atoms. The molecule has 1 aromatic heterocycles. The van der Waals surface area contributed by atoms with Gasteiger partial charge in [-0.15, -0.1) is 0 Å². The predicted molar refractivity (Wildman–Crippen MR) is 67.4 cm³/mol. The van der Waals surface area contributed by atoms with Gasteiger partial charge in [0.05, 0.1) is 43.4 Å². The molecule has 0 saturated carbocycles. The SMILES string of the molecule is CCC(O)c1ncc(N2C3CCC2COC3)cn1. The van der Waals surface area contributed by atoms with Gasteiger partial charge in [-0.3, -0.25) is 0 Å². The van der Waals surface area contributed by atoms with Crippen molar-refractivity contribution in [3.63, 3.8) is 0 Å². The Kier molecular flexibility index (Phi) is 3.18. The average molecular weight is 249 g/mol. The van der Waals surface area contributed by atoms with Crippen LogP contribution >= 0.6 is 0 Å². The molecule has 3 heterocycles. The minimum absolute atomic E-state index is 0.467. The first-order chi connectivity index (χ1) is 8.79. The number of hydrogen-bond acceptors (Lipinski definition) is 5. The van der Waals surface area contributed by atoms with Gasteiger partial charge in [-0.1, -0.05) is 6.92 Å². The summed E-state index contributed by atoms with van der Waals surface area (Å²) in [5.41, 5.74) is 1.05. The van der Waals surface area contributed by atoms with Gasteiger partial charge in [0.15, 0.2) is 5.82 Å². The number of aromatic nitrogens is 2. The molecule has 0 aliphatic carbocycles. The Balaban J connectivity index is 1.80. The highest BCUT2D eigenvalue weighted by atomic mass is 16.5. The van der Waals surface area contributed by atoms with Gasteiger partial charge in [-0.25, -0.2) is 9.97 Å². The topological polar surface area (TPSA) is 58.5 Å². The smallest absolute Gasteiger partial charge is 0.156 e. The van der Waals surface area contributed by atoms with Crippen molar-refractivity contribution in [1.82, 2.24) is 9.97 Å². The third kappa shape index (κ3) is 1.97. The van der Waals surface area contributed by atoms with Crippen LogP contribution in [0.3, 0.4) is 0 Å². The standard InChI is InChI=1S/C13H19N3O2/c1-2-12(17)13-14-5-11(6-15-13)16-9-3-4-10(16)8-18-7-9/h5-6,9-10,12,17H,2-4,7-8H2,1H3. The van der Waals surface area contributed by atoms with Crippen LogP contribution in [0.2, 0.25) is 0 Å². The zero-order valence-electron chi connectivity index (χ0n) is 10.6. The number of aliphatic hydroxyl groups excluding tert-OH is 1. The molecule has 1 N–H and O–H groups in total. The van der Waals surface area contributed by atoms with E-state index in [2.05, 4.69) is 14.9 Å². The molecule has 2 aliphatic heterocycles. The first-order valence-electron chi connectivity index (χ1n) is 6.65. The van der Waals surface area contributed by atoms with E-state index < -0.39 is 6.10 Å². The van der Waals surface area contributed by atoms with Crippen LogP contribution in [0, 0.1) is 0 Å². The van der Waals surface area contributed by atoms with E-state index in [0.29, 0.717) is 24.3 Å². The Hall–Kier alpha value is -1.20. The summed E-state index contributed by atoms with van der Waals surface area (Å²) < 4.78 is 5.57. The van der Waals surface area contributed by atoms with Crippen LogP contribution in [0.25, 0.3) is 0 Å². The van der Waals surface area contributed by atoms with Gasteiger partial charge in [0.2, 0.25) is 0 Å². The quantitative estimate of drug-likeness (QED) is 0.874. The molecule has 0 spiro atoms. The Labute approximate surface area is 107 Å². The number of morpholine rings is 1. The third-order valence-corrected chi connectivity index (χ3v) is 3.88. The highest BCUT2D eigenvalue weighted by Crippen LogP contribution is 2.33. The Morgan fingerprint density at radius 3 is 2.50 bits per heavy atom. The highest BCUT2D eigenvalue weighted by Gasteiger charge is 2.37. The number of nitrogens with zero attached hydrogens (tertiary/aromatic N) is 3. The summed E-state index contributed by atoms with van der Waals surface area (Å²) in [6.45, 7) is 3.52. The molecule has 0 aromatic carbocycles. The van der Waals surface area contributed by atoms with Crippen LogP contribution < -0.4 is 4.90 Å². The second-order valence-electron chi connectivity index (χ2n) is 5.05. The first-order valence-corrected chi connectivity index (χ1v) is 6.65. The highest BCUT2D eigenvalue weighted by molar-refractivity contribution is 5.46. The molecule has 2 aliphatic rings. The van der Waals surface area contributed by atoms with Crippen molar-refractivity contribution >= 4 is 5.69 Å². The lowest BCUT2D eigenvalue weighted by molar-refractivity contribution is 0.0905. The summed E-state index contributed by atoms with van der Waals surface area (Å²) in [7, 11) is 0. The molecule has 0 radical (unpaired) electrons. The normalized spacial score (nSPS) is 28.4. The summed E-state index contributed by atoms with van der Waals surface area (Å²) in [4.78, 5) is 10.9. The minimum atomic E-state index is -0.555. The molecule has 2 bridgehead atoms. The van der Waals surface area contributed by atoms with Crippen molar-refractivity contribution in [3.05, 3.63) is 18.2 Å². The van der Waals surface area contributed by atoms with Gasteiger partial charge < -0.3 is 14.7 Å². The van der Waals surface area contributed by atoms with Crippen LogP contribution in [0.1, 0.15) is 38.1 Å². The first kappa shape index (κ1) is 11.9. The average Bonchev–Trinajstić information content (AvgIpc) is 2.67. The molecule has 2 fully saturated rings.